The number of urea groups is 1. The van der Waals surface area contributed by atoms with Crippen molar-refractivity contribution >= 4 is 35.5 Å². The number of imide groups is 1. The van der Waals surface area contributed by atoms with Gasteiger partial charge in [-0.2, -0.15) is 0 Å². The van der Waals surface area contributed by atoms with Crippen molar-refractivity contribution in [3.8, 4) is 0 Å². The molecule has 2 N–H and O–H groups in total. The van der Waals surface area contributed by atoms with Crippen LogP contribution in [0.15, 0.2) is 18.2 Å². The molecule has 0 unspecified atom stereocenters. The molecule has 1 fully saturated rings. The van der Waals surface area contributed by atoms with Gasteiger partial charge in [0.25, 0.3) is 5.91 Å². The van der Waals surface area contributed by atoms with Gasteiger partial charge in [-0.05, 0) is 32.0 Å². The quantitative estimate of drug-likeness (QED) is 0.565. The Hall–Kier alpha value is -3.43. The van der Waals surface area contributed by atoms with Crippen LogP contribution in [0.3, 0.4) is 0 Å². The van der Waals surface area contributed by atoms with E-state index in [1.165, 1.54) is 46.3 Å². The molecule has 0 spiro atoms. The molecule has 0 aliphatic carbocycles. The number of rotatable bonds is 5. The van der Waals surface area contributed by atoms with Gasteiger partial charge in [0.2, 0.25) is 5.91 Å². The van der Waals surface area contributed by atoms with E-state index in [2.05, 4.69) is 20.1 Å². The molecule has 1 heterocycles. The summed E-state index contributed by atoms with van der Waals surface area (Å²) in [5, 5.41) is 4.91. The average molecular weight is 377 g/mol. The second kappa shape index (κ2) is 7.44. The van der Waals surface area contributed by atoms with E-state index >= 15 is 0 Å². The fourth-order valence-electron chi connectivity index (χ4n) is 2.48. The highest BCUT2D eigenvalue weighted by Crippen LogP contribution is 2.19. The summed E-state index contributed by atoms with van der Waals surface area (Å²) in [6.45, 7) is 2.52. The number of hydrogen-bond acceptors (Lipinski definition) is 7. The van der Waals surface area contributed by atoms with Gasteiger partial charge in [0.15, 0.2) is 0 Å². The SMILES string of the molecule is COC(=O)c1cc(NC(=O)CN2C(=O)NC(C)(C)C2=O)cc(C(=O)OC)c1. The number of hydrogen-bond donors (Lipinski definition) is 2. The molecule has 2 rings (SSSR count). The minimum atomic E-state index is -1.10. The maximum Gasteiger partial charge on any atom is 0.337 e. The molecule has 144 valence electrons. The van der Waals surface area contributed by atoms with Crippen molar-refractivity contribution in [2.45, 2.75) is 19.4 Å². The highest BCUT2D eigenvalue weighted by molar-refractivity contribution is 6.10. The Morgan fingerprint density at radius 1 is 1.04 bits per heavy atom. The van der Waals surface area contributed by atoms with Crippen LogP contribution in [0.5, 0.6) is 0 Å². The molecule has 0 radical (unpaired) electrons. The van der Waals surface area contributed by atoms with Gasteiger partial charge < -0.3 is 20.1 Å². The molecule has 1 aromatic rings. The molecule has 1 aromatic carbocycles. The maximum absolute atomic E-state index is 12.3. The molecule has 0 bridgehead atoms. The molecule has 27 heavy (non-hydrogen) atoms. The van der Waals surface area contributed by atoms with Crippen LogP contribution in [0.25, 0.3) is 0 Å². The number of nitrogens with zero attached hydrogens (tertiary/aromatic N) is 1. The monoisotopic (exact) mass is 377 g/mol. The van der Waals surface area contributed by atoms with Gasteiger partial charge in [-0.1, -0.05) is 0 Å². The maximum atomic E-state index is 12.3. The van der Waals surface area contributed by atoms with E-state index in [1.54, 1.807) is 0 Å². The van der Waals surface area contributed by atoms with Crippen molar-refractivity contribution in [1.29, 1.82) is 0 Å². The van der Waals surface area contributed by atoms with Crippen LogP contribution >= 0.6 is 0 Å². The lowest BCUT2D eigenvalue weighted by molar-refractivity contribution is -0.132. The zero-order valence-electron chi connectivity index (χ0n) is 15.2. The van der Waals surface area contributed by atoms with Crippen LogP contribution in [0, 0.1) is 0 Å². The Morgan fingerprint density at radius 3 is 1.96 bits per heavy atom. The number of carbonyl (C=O) groups is 5. The second-order valence-corrected chi connectivity index (χ2v) is 6.28. The van der Waals surface area contributed by atoms with Crippen molar-refractivity contribution < 1.29 is 33.4 Å². The van der Waals surface area contributed by atoms with E-state index in [0.717, 1.165) is 4.90 Å². The predicted octanol–water partition coefficient (Wildman–Crippen LogP) is 0.529. The zero-order valence-corrected chi connectivity index (χ0v) is 15.2. The molecule has 0 saturated carbocycles. The summed E-state index contributed by atoms with van der Waals surface area (Å²) in [5.41, 5.74) is -0.950. The first-order valence-electron chi connectivity index (χ1n) is 7.84. The van der Waals surface area contributed by atoms with Crippen molar-refractivity contribution in [1.82, 2.24) is 10.2 Å². The predicted molar refractivity (Wildman–Crippen MR) is 92.1 cm³/mol. The molecule has 1 aliphatic heterocycles. The standard InChI is InChI=1S/C17H19N3O7/c1-17(2)15(24)20(16(25)19-17)8-12(21)18-11-6-9(13(22)26-3)5-10(7-11)14(23)27-4/h5-7H,8H2,1-4H3,(H,18,21)(H,19,25). The van der Waals surface area contributed by atoms with Crippen molar-refractivity contribution in [3.05, 3.63) is 29.3 Å². The van der Waals surface area contributed by atoms with Crippen LogP contribution in [0.4, 0.5) is 10.5 Å². The summed E-state index contributed by atoms with van der Waals surface area (Å²) in [6, 6.07) is 3.17. The number of nitrogens with one attached hydrogen (secondary N) is 2. The Bertz CT molecular complexity index is 798. The fraction of sp³-hybridized carbons (Fsp3) is 0.353. The Kier molecular flexibility index (Phi) is 5.48. The minimum absolute atomic E-state index is 0.0202. The summed E-state index contributed by atoms with van der Waals surface area (Å²) in [7, 11) is 2.34. The number of amides is 4. The smallest absolute Gasteiger partial charge is 0.337 e. The normalized spacial score (nSPS) is 15.2. The first-order valence-corrected chi connectivity index (χ1v) is 7.84. The summed E-state index contributed by atoms with van der Waals surface area (Å²) in [4.78, 5) is 60.5. The van der Waals surface area contributed by atoms with E-state index in [0.29, 0.717) is 0 Å². The number of carbonyl (C=O) groups excluding carboxylic acids is 5. The van der Waals surface area contributed by atoms with Gasteiger partial charge in [-0.15, -0.1) is 0 Å². The third kappa shape index (κ3) is 4.22. The van der Waals surface area contributed by atoms with Gasteiger partial charge in [0, 0.05) is 5.69 Å². The van der Waals surface area contributed by atoms with Gasteiger partial charge in [-0.3, -0.25) is 14.5 Å². The summed E-state index contributed by atoms with van der Waals surface area (Å²) in [5.74, 6) is -2.66. The molecule has 1 saturated heterocycles. The number of anilines is 1. The van der Waals surface area contributed by atoms with Gasteiger partial charge in [0.05, 0.1) is 25.3 Å². The van der Waals surface area contributed by atoms with E-state index in [4.69, 9.17) is 0 Å². The van der Waals surface area contributed by atoms with Crippen LogP contribution in [0.1, 0.15) is 34.6 Å². The molecular formula is C17H19N3O7. The summed E-state index contributed by atoms with van der Waals surface area (Å²) < 4.78 is 9.23. The van der Waals surface area contributed by atoms with E-state index in [9.17, 15) is 24.0 Å². The lowest BCUT2D eigenvalue weighted by Gasteiger charge is -2.16. The van der Waals surface area contributed by atoms with Crippen LogP contribution < -0.4 is 10.6 Å². The number of ether oxygens (including phenoxy) is 2. The second-order valence-electron chi connectivity index (χ2n) is 6.28. The van der Waals surface area contributed by atoms with Crippen molar-refractivity contribution in [3.63, 3.8) is 0 Å². The lowest BCUT2D eigenvalue weighted by Crippen LogP contribution is -2.41. The molecule has 0 aromatic heterocycles. The molecule has 1 aliphatic rings. The first-order chi connectivity index (χ1) is 12.6. The van der Waals surface area contributed by atoms with E-state index < -0.39 is 41.9 Å². The highest BCUT2D eigenvalue weighted by Gasteiger charge is 2.44. The minimum Gasteiger partial charge on any atom is -0.465 e. The average Bonchev–Trinajstić information content (AvgIpc) is 2.81. The third-order valence-corrected chi connectivity index (χ3v) is 3.81. The van der Waals surface area contributed by atoms with E-state index in [-0.39, 0.29) is 16.8 Å². The van der Waals surface area contributed by atoms with Gasteiger partial charge in [0.1, 0.15) is 12.1 Å². The number of methoxy groups -OCH3 is 2. The molecule has 10 nitrogen and oxygen atoms in total. The molecular weight excluding hydrogens is 358 g/mol. The lowest BCUT2D eigenvalue weighted by atomic mass is 10.1. The molecule has 4 amide bonds. The van der Waals surface area contributed by atoms with Gasteiger partial charge >= 0.3 is 18.0 Å². The van der Waals surface area contributed by atoms with Gasteiger partial charge in [-0.25, -0.2) is 14.4 Å². The topological polar surface area (TPSA) is 131 Å². The highest BCUT2D eigenvalue weighted by atomic mass is 16.5. The first kappa shape index (κ1) is 19.9. The number of esters is 2. The van der Waals surface area contributed by atoms with Crippen LogP contribution in [-0.4, -0.2) is 61.0 Å². The van der Waals surface area contributed by atoms with Crippen LogP contribution in [0.2, 0.25) is 0 Å². The Morgan fingerprint density at radius 2 is 1.56 bits per heavy atom. The summed E-state index contributed by atoms with van der Waals surface area (Å²) in [6.07, 6.45) is 0. The largest absolute Gasteiger partial charge is 0.465 e. The molecule has 0 atom stereocenters. The summed E-state index contributed by atoms with van der Waals surface area (Å²) >= 11 is 0. The van der Waals surface area contributed by atoms with E-state index in [1.807, 2.05) is 0 Å². The van der Waals surface area contributed by atoms with Crippen LogP contribution in [-0.2, 0) is 19.1 Å². The zero-order chi connectivity index (χ0) is 20.4. The molecule has 10 heteroatoms. The Balaban J connectivity index is 2.22. The fourth-order valence-corrected chi connectivity index (χ4v) is 2.48. The Labute approximate surface area is 154 Å². The van der Waals surface area contributed by atoms with Crippen molar-refractivity contribution in [2.24, 2.45) is 0 Å². The number of benzene rings is 1. The van der Waals surface area contributed by atoms with Crippen molar-refractivity contribution in [2.75, 3.05) is 26.1 Å². The third-order valence-electron chi connectivity index (χ3n) is 3.81.